The van der Waals surface area contributed by atoms with Crippen molar-refractivity contribution in [2.75, 3.05) is 0 Å². The lowest BCUT2D eigenvalue weighted by Gasteiger charge is -2.12. The Balaban J connectivity index is 2.12. The predicted octanol–water partition coefficient (Wildman–Crippen LogP) is 2.03. The molecule has 2 rings (SSSR count). The van der Waals surface area contributed by atoms with Gasteiger partial charge in [-0.1, -0.05) is 12.1 Å². The summed E-state index contributed by atoms with van der Waals surface area (Å²) in [4.78, 5) is 0. The number of benzene rings is 1. The third-order valence-corrected chi connectivity index (χ3v) is 2.90. The molecule has 1 aromatic heterocycles. The molecule has 0 aliphatic carbocycles. The van der Waals surface area contributed by atoms with Crippen LogP contribution >= 0.6 is 0 Å². The van der Waals surface area contributed by atoms with Gasteiger partial charge in [0.1, 0.15) is 5.75 Å². The molecule has 1 heterocycles. The molecule has 0 saturated carbocycles. The first kappa shape index (κ1) is 12.6. The van der Waals surface area contributed by atoms with E-state index in [2.05, 4.69) is 23.2 Å². The molecule has 0 aliphatic rings. The van der Waals surface area contributed by atoms with Crippen molar-refractivity contribution in [1.82, 2.24) is 10.2 Å². The molecule has 0 bridgehead atoms. The molecule has 0 unspecified atom stereocenters. The minimum absolute atomic E-state index is 0.246. The van der Waals surface area contributed by atoms with Gasteiger partial charge in [0.2, 0.25) is 5.89 Å². The van der Waals surface area contributed by atoms with E-state index in [0.29, 0.717) is 11.8 Å². The summed E-state index contributed by atoms with van der Waals surface area (Å²) < 4.78 is 11.0. The summed E-state index contributed by atoms with van der Waals surface area (Å²) in [5.74, 6) is 1.74. The highest BCUT2D eigenvalue weighted by atomic mass is 16.5. The van der Waals surface area contributed by atoms with E-state index in [4.69, 9.17) is 14.9 Å². The number of hydrogen-bond acceptors (Lipinski definition) is 5. The largest absolute Gasteiger partial charge is 0.483 e. The van der Waals surface area contributed by atoms with Gasteiger partial charge < -0.3 is 14.9 Å². The van der Waals surface area contributed by atoms with Crippen LogP contribution in [0.15, 0.2) is 16.5 Å². The van der Waals surface area contributed by atoms with Gasteiger partial charge in [0.25, 0.3) is 5.89 Å². The summed E-state index contributed by atoms with van der Waals surface area (Å²) in [5.41, 5.74) is 8.83. The third-order valence-electron chi connectivity index (χ3n) is 2.90. The molecule has 0 spiro atoms. The fourth-order valence-corrected chi connectivity index (χ4v) is 1.71. The topological polar surface area (TPSA) is 74.2 Å². The maximum absolute atomic E-state index is 5.76. The van der Waals surface area contributed by atoms with Crippen LogP contribution < -0.4 is 10.5 Å². The van der Waals surface area contributed by atoms with Crippen LogP contribution in [0.4, 0.5) is 0 Å². The minimum atomic E-state index is 0.246. The van der Waals surface area contributed by atoms with Gasteiger partial charge >= 0.3 is 0 Å². The summed E-state index contributed by atoms with van der Waals surface area (Å²) in [6.45, 7) is 6.62. The Morgan fingerprint density at radius 2 is 1.78 bits per heavy atom. The zero-order valence-corrected chi connectivity index (χ0v) is 10.9. The zero-order chi connectivity index (χ0) is 13.1. The van der Waals surface area contributed by atoms with Crippen molar-refractivity contribution in [2.24, 2.45) is 5.73 Å². The normalized spacial score (nSPS) is 10.7. The molecule has 0 fully saturated rings. The van der Waals surface area contributed by atoms with Crippen LogP contribution in [0.2, 0.25) is 0 Å². The van der Waals surface area contributed by atoms with Crippen molar-refractivity contribution in [3.8, 4) is 5.75 Å². The Hall–Kier alpha value is -1.88. The molecule has 5 heteroatoms. The number of hydrogen-bond donors (Lipinski definition) is 1. The van der Waals surface area contributed by atoms with Gasteiger partial charge in [0.15, 0.2) is 6.61 Å². The van der Waals surface area contributed by atoms with Crippen molar-refractivity contribution in [3.05, 3.63) is 40.6 Å². The van der Waals surface area contributed by atoms with Gasteiger partial charge in [0.05, 0.1) is 6.54 Å². The van der Waals surface area contributed by atoms with Gasteiger partial charge in [-0.3, -0.25) is 0 Å². The molecule has 96 valence electrons. The van der Waals surface area contributed by atoms with Crippen LogP contribution in [0.25, 0.3) is 0 Å². The maximum atomic E-state index is 5.76. The molecule has 18 heavy (non-hydrogen) atoms. The SMILES string of the molecule is Cc1ccc(C)c(OCc2nnc(CN)o2)c1C. The van der Waals surface area contributed by atoms with Crippen LogP contribution in [0, 0.1) is 20.8 Å². The zero-order valence-electron chi connectivity index (χ0n) is 10.9. The van der Waals surface area contributed by atoms with Gasteiger partial charge in [-0.25, -0.2) is 0 Å². The van der Waals surface area contributed by atoms with Crippen LogP contribution in [-0.4, -0.2) is 10.2 Å². The molecular weight excluding hydrogens is 230 g/mol. The second-order valence-electron chi connectivity index (χ2n) is 4.24. The standard InChI is InChI=1S/C13H17N3O2/c1-8-4-5-9(2)13(10(8)3)17-7-12-16-15-11(6-14)18-12/h4-5H,6-7,14H2,1-3H3. The van der Waals surface area contributed by atoms with Crippen LogP contribution in [0.1, 0.15) is 28.5 Å². The van der Waals surface area contributed by atoms with E-state index in [9.17, 15) is 0 Å². The number of aryl methyl sites for hydroxylation is 2. The predicted molar refractivity (Wildman–Crippen MR) is 67.2 cm³/mol. The first-order valence-electron chi connectivity index (χ1n) is 5.82. The second kappa shape index (κ2) is 5.18. The molecule has 2 aromatic rings. The average Bonchev–Trinajstić information content (AvgIpc) is 2.82. The second-order valence-corrected chi connectivity index (χ2v) is 4.24. The molecule has 5 nitrogen and oxygen atoms in total. The summed E-state index contributed by atoms with van der Waals surface area (Å²) in [5, 5.41) is 7.65. The Labute approximate surface area is 106 Å². The summed E-state index contributed by atoms with van der Waals surface area (Å²) in [6, 6.07) is 4.12. The average molecular weight is 247 g/mol. The molecule has 0 amide bonds. The molecular formula is C13H17N3O2. The lowest BCUT2D eigenvalue weighted by Crippen LogP contribution is -2.00. The smallest absolute Gasteiger partial charge is 0.253 e. The Bertz CT molecular complexity index is 549. The Morgan fingerprint density at radius 3 is 2.44 bits per heavy atom. The van der Waals surface area contributed by atoms with Crippen molar-refractivity contribution in [1.29, 1.82) is 0 Å². The molecule has 0 radical (unpaired) electrons. The third kappa shape index (κ3) is 2.51. The quantitative estimate of drug-likeness (QED) is 0.894. The lowest BCUT2D eigenvalue weighted by atomic mass is 10.1. The van der Waals surface area contributed by atoms with E-state index >= 15 is 0 Å². The number of aromatic nitrogens is 2. The minimum Gasteiger partial charge on any atom is -0.483 e. The first-order valence-corrected chi connectivity index (χ1v) is 5.82. The summed E-state index contributed by atoms with van der Waals surface area (Å²) in [6.07, 6.45) is 0. The highest BCUT2D eigenvalue weighted by Crippen LogP contribution is 2.26. The molecule has 1 aromatic carbocycles. The maximum Gasteiger partial charge on any atom is 0.253 e. The highest BCUT2D eigenvalue weighted by molar-refractivity contribution is 5.44. The van der Waals surface area contributed by atoms with Crippen LogP contribution in [0.3, 0.4) is 0 Å². The van der Waals surface area contributed by atoms with Crippen LogP contribution in [0.5, 0.6) is 5.75 Å². The monoisotopic (exact) mass is 247 g/mol. The van der Waals surface area contributed by atoms with E-state index in [1.54, 1.807) is 0 Å². The Kier molecular flexibility index (Phi) is 3.62. The van der Waals surface area contributed by atoms with E-state index in [0.717, 1.165) is 16.9 Å². The summed E-state index contributed by atoms with van der Waals surface area (Å²) in [7, 11) is 0. The highest BCUT2D eigenvalue weighted by Gasteiger charge is 2.09. The van der Waals surface area contributed by atoms with E-state index in [1.165, 1.54) is 5.56 Å². The number of ether oxygens (including phenoxy) is 1. The van der Waals surface area contributed by atoms with Crippen LogP contribution in [-0.2, 0) is 13.2 Å². The fourth-order valence-electron chi connectivity index (χ4n) is 1.71. The Morgan fingerprint density at radius 1 is 1.11 bits per heavy atom. The first-order chi connectivity index (χ1) is 8.61. The van der Waals surface area contributed by atoms with Crippen molar-refractivity contribution in [3.63, 3.8) is 0 Å². The van der Waals surface area contributed by atoms with E-state index in [-0.39, 0.29) is 13.2 Å². The van der Waals surface area contributed by atoms with E-state index < -0.39 is 0 Å². The van der Waals surface area contributed by atoms with E-state index in [1.807, 2.05) is 19.9 Å². The van der Waals surface area contributed by atoms with Crippen molar-refractivity contribution < 1.29 is 9.15 Å². The lowest BCUT2D eigenvalue weighted by molar-refractivity contribution is 0.256. The van der Waals surface area contributed by atoms with Gasteiger partial charge in [-0.2, -0.15) is 0 Å². The van der Waals surface area contributed by atoms with Gasteiger partial charge in [0, 0.05) is 0 Å². The number of nitrogens with two attached hydrogens (primary N) is 1. The molecule has 2 N–H and O–H groups in total. The fraction of sp³-hybridized carbons (Fsp3) is 0.385. The summed E-state index contributed by atoms with van der Waals surface area (Å²) >= 11 is 0. The molecule has 0 saturated heterocycles. The molecule has 0 atom stereocenters. The van der Waals surface area contributed by atoms with Crippen molar-refractivity contribution in [2.45, 2.75) is 33.9 Å². The number of nitrogens with zero attached hydrogens (tertiary/aromatic N) is 2. The molecule has 0 aliphatic heterocycles. The van der Waals surface area contributed by atoms with Gasteiger partial charge in [-0.05, 0) is 37.5 Å². The van der Waals surface area contributed by atoms with Crippen molar-refractivity contribution >= 4 is 0 Å². The number of rotatable bonds is 4. The van der Waals surface area contributed by atoms with Gasteiger partial charge in [-0.15, -0.1) is 10.2 Å².